The second kappa shape index (κ2) is 9.65. The number of ether oxygens (including phenoxy) is 2. The van der Waals surface area contributed by atoms with Crippen molar-refractivity contribution in [2.45, 2.75) is 32.1 Å². The Bertz CT molecular complexity index is 369. The maximum absolute atomic E-state index is 11.6. The number of rotatable bonds is 7. The maximum Gasteiger partial charge on any atom is 0.410 e. The van der Waals surface area contributed by atoms with Crippen LogP contribution in [-0.2, 0) is 19.1 Å². The number of alkyl carbamates (subject to hydrolysis) is 1. The van der Waals surface area contributed by atoms with E-state index < -0.39 is 33.2 Å². The highest BCUT2D eigenvalue weighted by molar-refractivity contribution is 7.46. The zero-order chi connectivity index (χ0) is 15.7. The fourth-order valence-electron chi connectivity index (χ4n) is 2.03. The first-order valence-corrected chi connectivity index (χ1v) is 8.16. The zero-order valence-corrected chi connectivity index (χ0v) is 12.5. The lowest BCUT2D eigenvalue weighted by molar-refractivity contribution is -0.158. The minimum absolute atomic E-state index is 0.125. The molecule has 1 aliphatic carbocycles. The van der Waals surface area contributed by atoms with Crippen molar-refractivity contribution in [3.8, 4) is 0 Å². The van der Waals surface area contributed by atoms with Crippen LogP contribution in [0.3, 0.4) is 0 Å². The number of ketones is 1. The third-order valence-electron chi connectivity index (χ3n) is 3.08. The van der Waals surface area contributed by atoms with Gasteiger partial charge in [-0.25, -0.2) is 4.79 Å². The van der Waals surface area contributed by atoms with E-state index in [4.69, 9.17) is 14.5 Å². The second-order valence-corrected chi connectivity index (χ2v) is 5.83. The van der Waals surface area contributed by atoms with Gasteiger partial charge in [-0.05, 0) is 12.8 Å². The van der Waals surface area contributed by atoms with E-state index in [1.165, 1.54) is 0 Å². The summed E-state index contributed by atoms with van der Waals surface area (Å²) < 4.78 is 9.43. The van der Waals surface area contributed by atoms with Crippen molar-refractivity contribution in [1.82, 2.24) is 5.32 Å². The molecular formula is C12H20NO7P. The Hall–Kier alpha value is -1.24. The van der Waals surface area contributed by atoms with Gasteiger partial charge in [-0.15, -0.1) is 0 Å². The lowest BCUT2D eigenvalue weighted by atomic mass is 9.89. The quantitative estimate of drug-likeness (QED) is 0.357. The Labute approximate surface area is 123 Å². The minimum atomic E-state index is -2.31. The molecule has 0 atom stereocenters. The molecule has 0 aromatic carbocycles. The van der Waals surface area contributed by atoms with E-state index in [-0.39, 0.29) is 18.4 Å². The van der Waals surface area contributed by atoms with Gasteiger partial charge in [0.2, 0.25) is 6.79 Å². The number of amides is 1. The molecule has 0 radical (unpaired) electrons. The molecule has 1 rings (SSSR count). The Kier molecular flexibility index (Phi) is 8.19. The lowest BCUT2D eigenvalue weighted by Crippen LogP contribution is -2.32. The molecule has 3 N–H and O–H groups in total. The molecule has 0 aromatic rings. The first-order chi connectivity index (χ1) is 9.99. The van der Waals surface area contributed by atoms with Crippen LogP contribution in [0.2, 0.25) is 0 Å². The van der Waals surface area contributed by atoms with E-state index in [0.717, 1.165) is 32.1 Å². The number of esters is 1. The van der Waals surface area contributed by atoms with Gasteiger partial charge >= 0.3 is 12.1 Å². The van der Waals surface area contributed by atoms with Crippen LogP contribution in [0.1, 0.15) is 32.1 Å². The van der Waals surface area contributed by atoms with Crippen LogP contribution in [0.25, 0.3) is 0 Å². The van der Waals surface area contributed by atoms with Gasteiger partial charge in [0.1, 0.15) is 0 Å². The third-order valence-corrected chi connectivity index (χ3v) is 3.71. The van der Waals surface area contributed by atoms with Gasteiger partial charge in [0.25, 0.3) is 0 Å². The molecule has 0 heterocycles. The predicted molar refractivity (Wildman–Crippen MR) is 73.2 cm³/mol. The van der Waals surface area contributed by atoms with E-state index in [1.54, 1.807) is 0 Å². The van der Waals surface area contributed by atoms with E-state index in [9.17, 15) is 14.4 Å². The largest absolute Gasteiger partial charge is 0.428 e. The molecule has 0 aromatic heterocycles. The summed E-state index contributed by atoms with van der Waals surface area (Å²) in [7, 11) is -2.31. The monoisotopic (exact) mass is 321 g/mol. The summed E-state index contributed by atoms with van der Waals surface area (Å²) >= 11 is 0. The fraction of sp³-hybridized carbons (Fsp3) is 0.750. The molecule has 1 aliphatic rings. The predicted octanol–water partition coefficient (Wildman–Crippen LogP) is 0.659. The number of hydrogen-bond donors (Lipinski definition) is 3. The standard InChI is InChI=1S/C12H20NO7P/c14-10(7-21(17)18)6-13-12(16)20-8-19-11(15)9-4-2-1-3-5-9/h9,17-18H,1-8H2,(H,13,16). The Morgan fingerprint density at radius 3 is 2.38 bits per heavy atom. The van der Waals surface area contributed by atoms with Crippen LogP contribution in [0.5, 0.6) is 0 Å². The molecule has 0 spiro atoms. The van der Waals surface area contributed by atoms with E-state index in [1.807, 2.05) is 0 Å². The first kappa shape index (κ1) is 17.8. The number of hydrogen-bond acceptors (Lipinski definition) is 7. The zero-order valence-electron chi connectivity index (χ0n) is 11.6. The van der Waals surface area contributed by atoms with Gasteiger partial charge < -0.3 is 24.6 Å². The second-order valence-electron chi connectivity index (χ2n) is 4.77. The van der Waals surface area contributed by atoms with Crippen LogP contribution in [-0.4, -0.2) is 47.1 Å². The Morgan fingerprint density at radius 1 is 1.10 bits per heavy atom. The van der Waals surface area contributed by atoms with Crippen molar-refractivity contribution >= 4 is 26.2 Å². The molecule has 8 nitrogen and oxygen atoms in total. The van der Waals surface area contributed by atoms with E-state index in [0.29, 0.717) is 0 Å². The van der Waals surface area contributed by atoms with Gasteiger partial charge in [0.15, 0.2) is 14.2 Å². The molecule has 1 saturated carbocycles. The molecule has 0 aliphatic heterocycles. The molecule has 1 fully saturated rings. The van der Waals surface area contributed by atoms with Crippen molar-refractivity contribution in [1.29, 1.82) is 0 Å². The van der Waals surface area contributed by atoms with Crippen LogP contribution < -0.4 is 5.32 Å². The van der Waals surface area contributed by atoms with Crippen LogP contribution in [0, 0.1) is 5.92 Å². The molecule has 1 amide bonds. The summed E-state index contributed by atoms with van der Waals surface area (Å²) in [6.07, 6.45) is 3.41. The van der Waals surface area contributed by atoms with Gasteiger partial charge in [0.05, 0.1) is 18.6 Å². The summed E-state index contributed by atoms with van der Waals surface area (Å²) in [5.74, 6) is -1.02. The highest BCUT2D eigenvalue weighted by atomic mass is 31.2. The highest BCUT2D eigenvalue weighted by Gasteiger charge is 2.22. The molecule has 9 heteroatoms. The average molecular weight is 321 g/mol. The van der Waals surface area contributed by atoms with Crippen LogP contribution in [0.15, 0.2) is 0 Å². The molecule has 120 valence electrons. The normalized spacial score (nSPS) is 15.6. The van der Waals surface area contributed by atoms with Crippen LogP contribution >= 0.6 is 8.38 Å². The van der Waals surface area contributed by atoms with Crippen molar-refractivity contribution in [3.63, 3.8) is 0 Å². The third kappa shape index (κ3) is 7.94. The van der Waals surface area contributed by atoms with E-state index in [2.05, 4.69) is 10.1 Å². The Morgan fingerprint density at radius 2 is 1.76 bits per heavy atom. The van der Waals surface area contributed by atoms with Crippen molar-refractivity contribution in [2.75, 3.05) is 19.5 Å². The van der Waals surface area contributed by atoms with E-state index >= 15 is 0 Å². The van der Waals surface area contributed by atoms with Gasteiger partial charge in [-0.2, -0.15) is 0 Å². The van der Waals surface area contributed by atoms with Crippen molar-refractivity contribution in [3.05, 3.63) is 0 Å². The number of carbonyl (C=O) groups excluding carboxylic acids is 3. The average Bonchev–Trinajstić information content (AvgIpc) is 2.45. The number of nitrogens with one attached hydrogen (secondary N) is 1. The van der Waals surface area contributed by atoms with Gasteiger partial charge in [0, 0.05) is 0 Å². The minimum Gasteiger partial charge on any atom is -0.428 e. The first-order valence-electron chi connectivity index (χ1n) is 6.73. The fourth-order valence-corrected chi connectivity index (χ4v) is 2.46. The number of Topliss-reactive ketones (excluding diaryl/α,β-unsaturated/α-hetero) is 1. The summed E-state index contributed by atoms with van der Waals surface area (Å²) in [4.78, 5) is 51.1. The molecular weight excluding hydrogens is 301 g/mol. The smallest absolute Gasteiger partial charge is 0.410 e. The summed E-state index contributed by atoms with van der Waals surface area (Å²) in [5, 5.41) is 2.13. The Balaban J connectivity index is 2.09. The highest BCUT2D eigenvalue weighted by Crippen LogP contribution is 2.24. The molecule has 21 heavy (non-hydrogen) atoms. The molecule has 0 unspecified atom stereocenters. The summed E-state index contributed by atoms with van der Waals surface area (Å²) in [6, 6.07) is 0. The van der Waals surface area contributed by atoms with Crippen molar-refractivity contribution < 1.29 is 33.6 Å². The molecule has 0 bridgehead atoms. The summed E-state index contributed by atoms with van der Waals surface area (Å²) in [5.41, 5.74) is 0. The topological polar surface area (TPSA) is 122 Å². The van der Waals surface area contributed by atoms with Gasteiger partial charge in [-0.1, -0.05) is 19.3 Å². The van der Waals surface area contributed by atoms with Crippen LogP contribution in [0.4, 0.5) is 4.79 Å². The lowest BCUT2D eigenvalue weighted by Gasteiger charge is -2.19. The van der Waals surface area contributed by atoms with Gasteiger partial charge in [-0.3, -0.25) is 9.59 Å². The summed E-state index contributed by atoms with van der Waals surface area (Å²) in [6.45, 7) is -0.864. The SMILES string of the molecule is O=C(CNC(=O)OCOC(=O)C1CCCCC1)CP(O)O. The number of carbonyl (C=O) groups is 3. The molecule has 0 saturated heterocycles. The van der Waals surface area contributed by atoms with Crippen molar-refractivity contribution in [2.24, 2.45) is 5.92 Å². The maximum atomic E-state index is 11.6.